The topological polar surface area (TPSA) is 83.6 Å². The molecular weight excluding hydrogens is 374 g/mol. The normalized spacial score (nSPS) is 17.3. The van der Waals surface area contributed by atoms with Gasteiger partial charge in [0.15, 0.2) is 5.82 Å². The number of para-hydroxylation sites is 1. The number of nitrogens with zero attached hydrogens (tertiary/aromatic N) is 3. The maximum absolute atomic E-state index is 12.5. The fraction of sp³-hybridized carbons (Fsp3) is 0.250. The smallest absolute Gasteiger partial charge is 0.253 e. The Balaban J connectivity index is 1.43. The van der Waals surface area contributed by atoms with Gasteiger partial charge in [-0.1, -0.05) is 31.0 Å². The molecule has 1 saturated carbocycles. The molecule has 1 amide bonds. The predicted octanol–water partition coefficient (Wildman–Crippen LogP) is 4.24. The zero-order chi connectivity index (χ0) is 20.1. The average Bonchev–Trinajstić information content (AvgIpc) is 3.45. The molecule has 0 radical (unpaired) electrons. The Kier molecular flexibility index (Phi) is 3.75. The van der Waals surface area contributed by atoms with Crippen LogP contribution in [0.2, 0.25) is 0 Å². The molecule has 1 spiro atoms. The number of benzene rings is 1. The average molecular weight is 395 g/mol. The van der Waals surface area contributed by atoms with Crippen molar-refractivity contribution in [2.24, 2.45) is 0 Å². The van der Waals surface area contributed by atoms with Gasteiger partial charge in [-0.15, -0.1) is 0 Å². The number of amides is 1. The van der Waals surface area contributed by atoms with Crippen LogP contribution in [-0.2, 0) is 5.41 Å². The Bertz CT molecular complexity index is 1290. The van der Waals surface area contributed by atoms with Crippen LogP contribution in [0.3, 0.4) is 0 Å². The van der Waals surface area contributed by atoms with Crippen molar-refractivity contribution in [3.05, 3.63) is 66.1 Å². The van der Waals surface area contributed by atoms with E-state index in [9.17, 15) is 4.79 Å². The lowest BCUT2D eigenvalue weighted by atomic mass is 9.78. The van der Waals surface area contributed by atoms with Crippen molar-refractivity contribution in [2.75, 3.05) is 6.54 Å². The molecule has 6 nitrogen and oxygen atoms in total. The first kappa shape index (κ1) is 17.3. The molecule has 2 aliphatic rings. The number of pyridine rings is 1. The fourth-order valence-corrected chi connectivity index (χ4v) is 4.94. The molecule has 2 N–H and O–H groups in total. The van der Waals surface area contributed by atoms with E-state index in [0.717, 1.165) is 58.5 Å². The fourth-order valence-electron chi connectivity index (χ4n) is 4.94. The van der Waals surface area contributed by atoms with Crippen molar-refractivity contribution in [2.45, 2.75) is 31.1 Å². The third-order valence-corrected chi connectivity index (χ3v) is 6.52. The molecule has 30 heavy (non-hydrogen) atoms. The van der Waals surface area contributed by atoms with Crippen LogP contribution < -0.4 is 5.32 Å². The standard InChI is InChI=1S/C24H21N5O/c30-23-17-12-20(28-21(17)24(14-27-23)8-3-4-9-24)19-7-10-25-22(29-19)16-11-15-5-1-2-6-18(15)26-13-16/h1-2,5-7,10-13,28H,3-4,8-9,14H2,(H,27,30). The van der Waals surface area contributed by atoms with Crippen molar-refractivity contribution in [3.8, 4) is 22.8 Å². The maximum Gasteiger partial charge on any atom is 0.253 e. The number of rotatable bonds is 2. The van der Waals surface area contributed by atoms with E-state index in [4.69, 9.17) is 4.98 Å². The molecule has 0 atom stereocenters. The van der Waals surface area contributed by atoms with Gasteiger partial charge in [-0.2, -0.15) is 0 Å². The van der Waals surface area contributed by atoms with Crippen molar-refractivity contribution < 1.29 is 4.79 Å². The number of carbonyl (C=O) groups is 1. The summed E-state index contributed by atoms with van der Waals surface area (Å²) in [5.74, 6) is 0.622. The number of nitrogens with one attached hydrogen (secondary N) is 2. The summed E-state index contributed by atoms with van der Waals surface area (Å²) in [4.78, 5) is 29.9. The van der Waals surface area contributed by atoms with Gasteiger partial charge < -0.3 is 10.3 Å². The third kappa shape index (κ3) is 2.64. The SMILES string of the molecule is O=C1NCC2(CCCC2)c2[nH]c(-c3ccnc(-c4cnc5ccccc5c4)n3)cc21. The first-order valence-electron chi connectivity index (χ1n) is 10.4. The Morgan fingerprint density at radius 2 is 1.87 bits per heavy atom. The first-order chi connectivity index (χ1) is 14.7. The van der Waals surface area contributed by atoms with Crippen LogP contribution in [0.15, 0.2) is 54.9 Å². The lowest BCUT2D eigenvalue weighted by molar-refractivity contribution is 0.0924. The van der Waals surface area contributed by atoms with Gasteiger partial charge >= 0.3 is 0 Å². The summed E-state index contributed by atoms with van der Waals surface area (Å²) in [5, 5.41) is 4.14. The molecule has 6 rings (SSSR count). The highest BCUT2D eigenvalue weighted by Crippen LogP contribution is 2.44. The van der Waals surface area contributed by atoms with Crippen molar-refractivity contribution in [1.82, 2.24) is 25.3 Å². The van der Waals surface area contributed by atoms with E-state index in [1.165, 1.54) is 12.8 Å². The van der Waals surface area contributed by atoms with Crippen LogP contribution >= 0.6 is 0 Å². The summed E-state index contributed by atoms with van der Waals surface area (Å²) < 4.78 is 0. The van der Waals surface area contributed by atoms with Gasteiger partial charge in [0.1, 0.15) is 0 Å². The van der Waals surface area contributed by atoms with Crippen molar-refractivity contribution >= 4 is 16.8 Å². The molecule has 1 aromatic carbocycles. The van der Waals surface area contributed by atoms with Gasteiger partial charge in [0, 0.05) is 41.0 Å². The molecule has 0 saturated heterocycles. The molecule has 4 aromatic rings. The molecule has 1 aliphatic heterocycles. The van der Waals surface area contributed by atoms with Gasteiger partial charge in [-0.25, -0.2) is 9.97 Å². The Morgan fingerprint density at radius 3 is 2.77 bits per heavy atom. The lowest BCUT2D eigenvalue weighted by Crippen LogP contribution is -2.45. The highest BCUT2D eigenvalue weighted by Gasteiger charge is 2.43. The zero-order valence-electron chi connectivity index (χ0n) is 16.5. The van der Waals surface area contributed by atoms with Crippen LogP contribution in [0.4, 0.5) is 0 Å². The molecule has 1 aliphatic carbocycles. The molecule has 1 fully saturated rings. The minimum absolute atomic E-state index is 0.00182. The first-order valence-corrected chi connectivity index (χ1v) is 10.4. The van der Waals surface area contributed by atoms with E-state index in [2.05, 4.69) is 26.3 Å². The number of hydrogen-bond donors (Lipinski definition) is 2. The summed E-state index contributed by atoms with van der Waals surface area (Å²) in [7, 11) is 0. The second-order valence-corrected chi connectivity index (χ2v) is 8.32. The molecule has 4 heterocycles. The Labute approximate surface area is 173 Å². The van der Waals surface area contributed by atoms with E-state index in [1.54, 1.807) is 6.20 Å². The van der Waals surface area contributed by atoms with E-state index in [1.807, 2.05) is 42.6 Å². The highest BCUT2D eigenvalue weighted by atomic mass is 16.1. The van der Waals surface area contributed by atoms with Crippen LogP contribution in [0.1, 0.15) is 41.7 Å². The predicted molar refractivity (Wildman–Crippen MR) is 115 cm³/mol. The highest BCUT2D eigenvalue weighted by molar-refractivity contribution is 5.98. The van der Waals surface area contributed by atoms with Gasteiger partial charge in [0.25, 0.3) is 5.91 Å². The molecule has 0 bridgehead atoms. The van der Waals surface area contributed by atoms with E-state index in [0.29, 0.717) is 5.82 Å². The van der Waals surface area contributed by atoms with Crippen LogP contribution in [0.25, 0.3) is 33.7 Å². The Morgan fingerprint density at radius 1 is 1.00 bits per heavy atom. The summed E-state index contributed by atoms with van der Waals surface area (Å²) in [6.45, 7) is 0.719. The Hall–Kier alpha value is -3.54. The number of hydrogen-bond acceptors (Lipinski definition) is 4. The van der Waals surface area contributed by atoms with Gasteiger partial charge in [0.2, 0.25) is 0 Å². The summed E-state index contributed by atoms with van der Waals surface area (Å²) in [5.41, 5.74) is 5.33. The second-order valence-electron chi connectivity index (χ2n) is 8.32. The number of fused-ring (bicyclic) bond motifs is 3. The number of carbonyl (C=O) groups excluding carboxylic acids is 1. The van der Waals surface area contributed by atoms with Crippen molar-refractivity contribution in [1.29, 1.82) is 0 Å². The summed E-state index contributed by atoms with van der Waals surface area (Å²) >= 11 is 0. The van der Waals surface area contributed by atoms with Crippen LogP contribution in [0.5, 0.6) is 0 Å². The number of aromatic nitrogens is 4. The number of H-pyrrole nitrogens is 1. The zero-order valence-corrected chi connectivity index (χ0v) is 16.5. The molecular formula is C24H21N5O. The van der Waals surface area contributed by atoms with E-state index >= 15 is 0 Å². The molecule has 0 unspecified atom stereocenters. The third-order valence-electron chi connectivity index (χ3n) is 6.52. The largest absolute Gasteiger partial charge is 0.356 e. The minimum atomic E-state index is -0.00182. The molecule has 6 heteroatoms. The van der Waals surface area contributed by atoms with Gasteiger partial charge in [-0.3, -0.25) is 9.78 Å². The van der Waals surface area contributed by atoms with Crippen molar-refractivity contribution in [3.63, 3.8) is 0 Å². The van der Waals surface area contributed by atoms with E-state index < -0.39 is 0 Å². The minimum Gasteiger partial charge on any atom is -0.356 e. The molecule has 3 aromatic heterocycles. The molecule has 148 valence electrons. The van der Waals surface area contributed by atoms with Gasteiger partial charge in [-0.05, 0) is 37.1 Å². The van der Waals surface area contributed by atoms with E-state index in [-0.39, 0.29) is 11.3 Å². The van der Waals surface area contributed by atoms with Crippen LogP contribution in [0, 0.1) is 0 Å². The summed E-state index contributed by atoms with van der Waals surface area (Å²) in [6.07, 6.45) is 8.20. The van der Waals surface area contributed by atoms with Gasteiger partial charge in [0.05, 0.1) is 22.5 Å². The lowest BCUT2D eigenvalue weighted by Gasteiger charge is -2.33. The maximum atomic E-state index is 12.5. The summed E-state index contributed by atoms with van der Waals surface area (Å²) in [6, 6.07) is 13.9. The monoisotopic (exact) mass is 395 g/mol. The quantitative estimate of drug-likeness (QED) is 0.532. The van der Waals surface area contributed by atoms with Crippen LogP contribution in [-0.4, -0.2) is 32.4 Å². The number of aromatic amines is 1. The second kappa shape index (κ2) is 6.49.